The van der Waals surface area contributed by atoms with E-state index in [2.05, 4.69) is 4.90 Å². The number of fused-ring (bicyclic) bond motifs is 3. The number of benzene rings is 3. The van der Waals surface area contributed by atoms with E-state index >= 15 is 0 Å². The van der Waals surface area contributed by atoms with E-state index in [0.29, 0.717) is 30.3 Å². The van der Waals surface area contributed by atoms with Crippen LogP contribution in [0.15, 0.2) is 66.4 Å². The first-order chi connectivity index (χ1) is 15.6. The quantitative estimate of drug-likeness (QED) is 0.550. The van der Waals surface area contributed by atoms with Crippen LogP contribution >= 0.6 is 0 Å². The third-order valence-electron chi connectivity index (χ3n) is 5.66. The summed E-state index contributed by atoms with van der Waals surface area (Å²) in [7, 11) is 3.28. The van der Waals surface area contributed by atoms with Gasteiger partial charge >= 0.3 is 0 Å². The molecule has 0 atom stereocenters. The Morgan fingerprint density at radius 2 is 1.62 bits per heavy atom. The fourth-order valence-corrected chi connectivity index (χ4v) is 3.95. The lowest BCUT2D eigenvalue weighted by atomic mass is 10.0. The summed E-state index contributed by atoms with van der Waals surface area (Å²) in [6, 6.07) is 19.1. The summed E-state index contributed by atoms with van der Waals surface area (Å²) in [4.78, 5) is 15.1. The van der Waals surface area contributed by atoms with Crippen molar-refractivity contribution < 1.29 is 23.7 Å². The molecular weight excluding hydrogens is 406 g/mol. The highest BCUT2D eigenvalue weighted by Crippen LogP contribution is 2.42. The molecule has 0 amide bonds. The highest BCUT2D eigenvalue weighted by Gasteiger charge is 2.33. The van der Waals surface area contributed by atoms with E-state index in [9.17, 15) is 4.79 Å². The van der Waals surface area contributed by atoms with E-state index < -0.39 is 0 Å². The second kappa shape index (κ2) is 8.40. The molecule has 0 fully saturated rings. The smallest absolute Gasteiger partial charge is 0.231 e. The molecule has 0 N–H and O–H groups in total. The molecule has 0 spiro atoms. The number of rotatable bonds is 5. The summed E-state index contributed by atoms with van der Waals surface area (Å²) in [5.74, 6) is 3.13. The van der Waals surface area contributed by atoms with Crippen molar-refractivity contribution in [1.82, 2.24) is 4.90 Å². The maximum absolute atomic E-state index is 13.0. The Balaban J connectivity index is 1.38. The zero-order valence-electron chi connectivity index (χ0n) is 18.0. The molecule has 0 aliphatic carbocycles. The highest BCUT2D eigenvalue weighted by atomic mass is 16.5. The molecule has 3 aromatic rings. The molecule has 0 bridgehead atoms. The average Bonchev–Trinajstić information content (AvgIpc) is 3.15. The minimum Gasteiger partial charge on any atom is -0.497 e. The lowest BCUT2D eigenvalue weighted by Gasteiger charge is -2.29. The molecule has 2 heterocycles. The van der Waals surface area contributed by atoms with Crippen LogP contribution in [0.2, 0.25) is 0 Å². The van der Waals surface area contributed by atoms with Crippen LogP contribution in [0.4, 0.5) is 0 Å². The molecule has 0 saturated heterocycles. The summed E-state index contributed by atoms with van der Waals surface area (Å²) in [6.07, 6.45) is 1.76. The van der Waals surface area contributed by atoms with Gasteiger partial charge in [-0.2, -0.15) is 0 Å². The summed E-state index contributed by atoms with van der Waals surface area (Å²) in [5.41, 5.74) is 3.49. The molecule has 5 rings (SSSR count). The Bertz CT molecular complexity index is 1180. The van der Waals surface area contributed by atoms with E-state index in [1.807, 2.05) is 54.6 Å². The van der Waals surface area contributed by atoms with Gasteiger partial charge in [-0.1, -0.05) is 24.3 Å². The van der Waals surface area contributed by atoms with E-state index in [0.717, 1.165) is 40.5 Å². The second-order valence-electron chi connectivity index (χ2n) is 7.74. The predicted octanol–water partition coefficient (Wildman–Crippen LogP) is 4.67. The molecule has 0 unspecified atom stereocenters. The molecule has 0 saturated carbocycles. The van der Waals surface area contributed by atoms with Gasteiger partial charge < -0.3 is 18.9 Å². The van der Waals surface area contributed by atoms with Crippen LogP contribution in [0.5, 0.6) is 23.0 Å². The normalized spacial score (nSPS) is 16.2. The Hall–Kier alpha value is -3.77. The maximum Gasteiger partial charge on any atom is 0.231 e. The zero-order chi connectivity index (χ0) is 22.1. The number of nitrogens with zero attached hydrogens (tertiary/aromatic N) is 1. The van der Waals surface area contributed by atoms with Gasteiger partial charge in [0.05, 0.1) is 25.3 Å². The molecule has 6 heteroatoms. The number of ketones is 1. The number of carbonyl (C=O) groups excluding carboxylic acids is 1. The van der Waals surface area contributed by atoms with Gasteiger partial charge in [-0.3, -0.25) is 9.69 Å². The molecule has 2 aliphatic heterocycles. The van der Waals surface area contributed by atoms with Crippen LogP contribution in [0.3, 0.4) is 0 Å². The van der Waals surface area contributed by atoms with E-state index in [4.69, 9.17) is 18.9 Å². The van der Waals surface area contributed by atoms with Gasteiger partial charge in [0.1, 0.15) is 29.7 Å². The number of methoxy groups -OCH3 is 2. The first kappa shape index (κ1) is 20.2. The van der Waals surface area contributed by atoms with Gasteiger partial charge in [0, 0.05) is 13.1 Å². The zero-order valence-corrected chi connectivity index (χ0v) is 18.0. The van der Waals surface area contributed by atoms with Crippen molar-refractivity contribution in [3.63, 3.8) is 0 Å². The van der Waals surface area contributed by atoms with Gasteiger partial charge in [-0.15, -0.1) is 0 Å². The third kappa shape index (κ3) is 3.81. The van der Waals surface area contributed by atoms with Crippen LogP contribution in [0.25, 0.3) is 6.08 Å². The Morgan fingerprint density at radius 3 is 2.31 bits per heavy atom. The largest absolute Gasteiger partial charge is 0.497 e. The topological polar surface area (TPSA) is 57.2 Å². The van der Waals surface area contributed by atoms with Gasteiger partial charge in [0.15, 0.2) is 5.76 Å². The summed E-state index contributed by atoms with van der Waals surface area (Å²) in [5, 5.41) is 0. The lowest BCUT2D eigenvalue weighted by Crippen LogP contribution is -2.31. The maximum atomic E-state index is 13.0. The monoisotopic (exact) mass is 429 g/mol. The summed E-state index contributed by atoms with van der Waals surface area (Å²) < 4.78 is 22.5. The molecule has 0 radical (unpaired) electrons. The molecule has 6 nitrogen and oxygen atoms in total. The van der Waals surface area contributed by atoms with Crippen molar-refractivity contribution in [2.75, 3.05) is 21.0 Å². The number of hydrogen-bond acceptors (Lipinski definition) is 6. The summed E-state index contributed by atoms with van der Waals surface area (Å²) >= 11 is 0. The van der Waals surface area contributed by atoms with Gasteiger partial charge in [-0.25, -0.2) is 0 Å². The van der Waals surface area contributed by atoms with Crippen LogP contribution in [0.1, 0.15) is 27.0 Å². The minimum atomic E-state index is -0.120. The highest BCUT2D eigenvalue weighted by molar-refractivity contribution is 6.15. The Labute approximate surface area is 186 Å². The first-order valence-corrected chi connectivity index (χ1v) is 10.4. The van der Waals surface area contributed by atoms with E-state index in [1.54, 1.807) is 26.4 Å². The number of hydrogen-bond donors (Lipinski definition) is 0. The van der Waals surface area contributed by atoms with Crippen LogP contribution in [0, 0.1) is 0 Å². The van der Waals surface area contributed by atoms with Gasteiger partial charge in [0.25, 0.3) is 0 Å². The van der Waals surface area contributed by atoms with Gasteiger partial charge in [-0.05, 0) is 53.6 Å². The molecular formula is C26H23NO5. The number of Topliss-reactive ketones (excluding diaryl/α,β-unsaturated/α-hetero) is 1. The van der Waals surface area contributed by atoms with Gasteiger partial charge in [0.2, 0.25) is 5.78 Å². The SMILES string of the molecule is COc1ccc(/C=C2\Oc3c(ccc4c3CN(Cc3ccc(OC)cc3)CO4)C2=O)cc1. The van der Waals surface area contributed by atoms with Crippen LogP contribution in [-0.4, -0.2) is 31.6 Å². The standard InChI is InChI=1S/C26H23NO5/c1-29-19-7-3-17(4-8-19)13-24-25(28)21-11-12-23-22(26(21)32-24)15-27(16-31-23)14-18-5-9-20(30-2)10-6-18/h3-13H,14-16H2,1-2H3/b24-13-. The molecule has 162 valence electrons. The Morgan fingerprint density at radius 1 is 0.938 bits per heavy atom. The average molecular weight is 429 g/mol. The van der Waals surface area contributed by atoms with Crippen LogP contribution < -0.4 is 18.9 Å². The number of allylic oxidation sites excluding steroid dienone is 1. The summed E-state index contributed by atoms with van der Waals surface area (Å²) in [6.45, 7) is 1.82. The molecule has 0 aromatic heterocycles. The first-order valence-electron chi connectivity index (χ1n) is 10.4. The fourth-order valence-electron chi connectivity index (χ4n) is 3.95. The lowest BCUT2D eigenvalue weighted by molar-refractivity contribution is 0.0872. The molecule has 32 heavy (non-hydrogen) atoms. The minimum absolute atomic E-state index is 0.120. The van der Waals surface area contributed by atoms with Crippen molar-refractivity contribution in [3.8, 4) is 23.0 Å². The number of ether oxygens (including phenoxy) is 4. The predicted molar refractivity (Wildman–Crippen MR) is 120 cm³/mol. The van der Waals surface area contributed by atoms with Crippen molar-refractivity contribution in [1.29, 1.82) is 0 Å². The van der Waals surface area contributed by atoms with Crippen molar-refractivity contribution in [2.45, 2.75) is 13.1 Å². The van der Waals surface area contributed by atoms with Crippen LogP contribution in [-0.2, 0) is 13.1 Å². The number of carbonyl (C=O) groups is 1. The van der Waals surface area contributed by atoms with Crippen molar-refractivity contribution in [3.05, 3.63) is 88.7 Å². The van der Waals surface area contributed by atoms with E-state index in [1.165, 1.54) is 0 Å². The molecule has 3 aromatic carbocycles. The fraction of sp³-hybridized carbons (Fsp3) is 0.192. The van der Waals surface area contributed by atoms with Crippen molar-refractivity contribution >= 4 is 11.9 Å². The third-order valence-corrected chi connectivity index (χ3v) is 5.66. The second-order valence-corrected chi connectivity index (χ2v) is 7.74. The van der Waals surface area contributed by atoms with E-state index in [-0.39, 0.29) is 5.78 Å². The van der Waals surface area contributed by atoms with Crippen molar-refractivity contribution in [2.24, 2.45) is 0 Å². The molecule has 2 aliphatic rings. The Kier molecular flexibility index (Phi) is 5.29.